The summed E-state index contributed by atoms with van der Waals surface area (Å²) in [5.74, 6) is 0.831. The van der Waals surface area contributed by atoms with Gasteiger partial charge < -0.3 is 14.9 Å². The molecule has 138 valence electrons. The standard InChI is InChI=1S/C22H24N4O/c1-13-5-6-19-16(9-13)12-20(26(19)4)22(27)23-8-7-21-24-17-10-14(2)15(3)11-18(17)25-21/h5-6,9-12H,7-8H2,1-4H3,(H,23,27)(H,24,25). The highest BCUT2D eigenvalue weighted by molar-refractivity contribution is 5.98. The Bertz CT molecular complexity index is 1130. The highest BCUT2D eigenvalue weighted by Crippen LogP contribution is 2.20. The second-order valence-corrected chi connectivity index (χ2v) is 7.29. The highest BCUT2D eigenvalue weighted by Gasteiger charge is 2.13. The van der Waals surface area contributed by atoms with Crippen LogP contribution in [-0.4, -0.2) is 27.0 Å². The molecule has 0 fully saturated rings. The van der Waals surface area contributed by atoms with Crippen molar-refractivity contribution in [3.05, 3.63) is 64.6 Å². The van der Waals surface area contributed by atoms with Gasteiger partial charge in [0.05, 0.1) is 11.0 Å². The summed E-state index contributed by atoms with van der Waals surface area (Å²) in [5, 5.41) is 4.10. The molecule has 0 saturated carbocycles. The number of fused-ring (bicyclic) bond motifs is 2. The lowest BCUT2D eigenvalue weighted by molar-refractivity contribution is 0.0946. The van der Waals surface area contributed by atoms with Crippen LogP contribution in [0.25, 0.3) is 21.9 Å². The molecular weight excluding hydrogens is 336 g/mol. The van der Waals surface area contributed by atoms with Crippen LogP contribution in [0.2, 0.25) is 0 Å². The molecule has 0 bridgehead atoms. The number of benzene rings is 2. The number of carbonyl (C=O) groups excluding carboxylic acids is 1. The smallest absolute Gasteiger partial charge is 0.267 e. The Morgan fingerprint density at radius 2 is 1.89 bits per heavy atom. The topological polar surface area (TPSA) is 62.7 Å². The van der Waals surface area contributed by atoms with Gasteiger partial charge in [-0.25, -0.2) is 4.98 Å². The Labute approximate surface area is 158 Å². The maximum Gasteiger partial charge on any atom is 0.267 e. The zero-order valence-electron chi connectivity index (χ0n) is 16.2. The minimum absolute atomic E-state index is 0.0610. The molecule has 4 rings (SSSR count). The predicted octanol–water partition coefficient (Wildman–Crippen LogP) is 3.95. The van der Waals surface area contributed by atoms with Crippen LogP contribution in [0.1, 0.15) is 33.0 Å². The Morgan fingerprint density at radius 1 is 1.11 bits per heavy atom. The van der Waals surface area contributed by atoms with Gasteiger partial charge in [-0.05, 0) is 62.2 Å². The molecule has 0 saturated heterocycles. The summed E-state index contributed by atoms with van der Waals surface area (Å²) in [4.78, 5) is 20.6. The van der Waals surface area contributed by atoms with Gasteiger partial charge in [-0.1, -0.05) is 11.6 Å². The molecule has 0 aliphatic carbocycles. The summed E-state index contributed by atoms with van der Waals surface area (Å²) in [6.07, 6.45) is 0.668. The molecule has 5 nitrogen and oxygen atoms in total. The molecule has 2 aromatic carbocycles. The number of carbonyl (C=O) groups is 1. The predicted molar refractivity (Wildman–Crippen MR) is 109 cm³/mol. The van der Waals surface area contributed by atoms with E-state index in [9.17, 15) is 4.79 Å². The highest BCUT2D eigenvalue weighted by atomic mass is 16.1. The number of hydrogen-bond acceptors (Lipinski definition) is 2. The molecule has 0 spiro atoms. The van der Waals surface area contributed by atoms with Crippen molar-refractivity contribution in [2.75, 3.05) is 6.54 Å². The molecule has 0 aliphatic heterocycles. The number of amides is 1. The normalized spacial score (nSPS) is 11.4. The maximum absolute atomic E-state index is 12.6. The van der Waals surface area contributed by atoms with E-state index >= 15 is 0 Å². The number of aryl methyl sites for hydroxylation is 4. The Hall–Kier alpha value is -3.08. The largest absolute Gasteiger partial charge is 0.350 e. The fraction of sp³-hybridized carbons (Fsp3) is 0.273. The lowest BCUT2D eigenvalue weighted by Crippen LogP contribution is -2.27. The zero-order valence-corrected chi connectivity index (χ0v) is 16.2. The molecule has 0 atom stereocenters. The van der Waals surface area contributed by atoms with Gasteiger partial charge in [0.2, 0.25) is 0 Å². The van der Waals surface area contributed by atoms with Crippen LogP contribution in [0.4, 0.5) is 0 Å². The third-order valence-electron chi connectivity index (χ3n) is 5.22. The van der Waals surface area contributed by atoms with Gasteiger partial charge in [0.25, 0.3) is 5.91 Å². The zero-order chi connectivity index (χ0) is 19.1. The Balaban J connectivity index is 1.46. The van der Waals surface area contributed by atoms with E-state index in [1.807, 2.05) is 17.7 Å². The van der Waals surface area contributed by atoms with Gasteiger partial charge in [0.15, 0.2) is 0 Å². The van der Waals surface area contributed by atoms with Crippen LogP contribution in [0, 0.1) is 20.8 Å². The van der Waals surface area contributed by atoms with E-state index in [0.717, 1.165) is 27.8 Å². The Kier molecular flexibility index (Phi) is 4.22. The summed E-state index contributed by atoms with van der Waals surface area (Å²) in [5.41, 5.74) is 7.43. The van der Waals surface area contributed by atoms with Gasteiger partial charge in [-0.3, -0.25) is 4.79 Å². The number of rotatable bonds is 4. The van der Waals surface area contributed by atoms with E-state index in [0.29, 0.717) is 18.7 Å². The van der Waals surface area contributed by atoms with Crippen molar-refractivity contribution in [3.63, 3.8) is 0 Å². The number of nitrogens with one attached hydrogen (secondary N) is 2. The molecule has 4 aromatic rings. The van der Waals surface area contributed by atoms with Crippen molar-refractivity contribution < 1.29 is 4.79 Å². The van der Waals surface area contributed by atoms with Crippen molar-refractivity contribution >= 4 is 27.8 Å². The number of aromatic nitrogens is 3. The number of nitrogens with zero attached hydrogens (tertiary/aromatic N) is 2. The van der Waals surface area contributed by atoms with Gasteiger partial charge in [0.1, 0.15) is 11.5 Å². The van der Waals surface area contributed by atoms with Crippen molar-refractivity contribution in [1.29, 1.82) is 0 Å². The number of imidazole rings is 1. The molecular formula is C22H24N4O. The first-order valence-electron chi connectivity index (χ1n) is 9.22. The summed E-state index contributed by atoms with van der Waals surface area (Å²) in [6.45, 7) is 6.79. The van der Waals surface area contributed by atoms with E-state index < -0.39 is 0 Å². The summed E-state index contributed by atoms with van der Waals surface area (Å²) >= 11 is 0. The van der Waals surface area contributed by atoms with Gasteiger partial charge in [0, 0.05) is 30.9 Å². The first-order chi connectivity index (χ1) is 12.9. The van der Waals surface area contributed by atoms with E-state index in [4.69, 9.17) is 0 Å². The van der Waals surface area contributed by atoms with Crippen molar-refractivity contribution in [1.82, 2.24) is 19.9 Å². The third kappa shape index (κ3) is 3.21. The monoisotopic (exact) mass is 360 g/mol. The minimum atomic E-state index is -0.0610. The molecule has 2 N–H and O–H groups in total. The molecule has 0 radical (unpaired) electrons. The summed E-state index contributed by atoms with van der Waals surface area (Å²) in [7, 11) is 1.93. The molecule has 2 heterocycles. The van der Waals surface area contributed by atoms with E-state index in [-0.39, 0.29) is 5.91 Å². The quantitative estimate of drug-likeness (QED) is 0.579. The minimum Gasteiger partial charge on any atom is -0.350 e. The van der Waals surface area contributed by atoms with Gasteiger partial charge in [-0.2, -0.15) is 0 Å². The third-order valence-corrected chi connectivity index (χ3v) is 5.22. The lowest BCUT2D eigenvalue weighted by atomic mass is 10.1. The van der Waals surface area contributed by atoms with Crippen LogP contribution < -0.4 is 5.32 Å². The first kappa shape index (κ1) is 17.3. The van der Waals surface area contributed by atoms with Crippen LogP contribution in [0.3, 0.4) is 0 Å². The van der Waals surface area contributed by atoms with Gasteiger partial charge in [-0.15, -0.1) is 0 Å². The van der Waals surface area contributed by atoms with Gasteiger partial charge >= 0.3 is 0 Å². The second-order valence-electron chi connectivity index (χ2n) is 7.29. The van der Waals surface area contributed by atoms with E-state index in [1.54, 1.807) is 0 Å². The molecule has 0 aliphatic rings. The van der Waals surface area contributed by atoms with E-state index in [1.165, 1.54) is 16.7 Å². The van der Waals surface area contributed by atoms with Crippen LogP contribution in [0.15, 0.2) is 36.4 Å². The summed E-state index contributed by atoms with van der Waals surface area (Å²) < 4.78 is 1.94. The molecule has 1 amide bonds. The van der Waals surface area contributed by atoms with Crippen molar-refractivity contribution in [3.8, 4) is 0 Å². The SMILES string of the molecule is Cc1ccc2c(c1)cc(C(=O)NCCc1nc3cc(C)c(C)cc3[nH]1)n2C. The summed E-state index contributed by atoms with van der Waals surface area (Å²) in [6, 6.07) is 12.4. The number of H-pyrrole nitrogens is 1. The van der Waals surface area contributed by atoms with Crippen LogP contribution in [-0.2, 0) is 13.5 Å². The molecule has 2 aromatic heterocycles. The average Bonchev–Trinajstić information content (AvgIpc) is 3.15. The molecule has 5 heteroatoms. The Morgan fingerprint density at radius 3 is 2.70 bits per heavy atom. The van der Waals surface area contributed by atoms with Crippen LogP contribution >= 0.6 is 0 Å². The molecule has 0 unspecified atom stereocenters. The number of hydrogen-bond donors (Lipinski definition) is 2. The van der Waals surface area contributed by atoms with E-state index in [2.05, 4.69) is 66.4 Å². The lowest BCUT2D eigenvalue weighted by Gasteiger charge is -2.05. The number of aromatic amines is 1. The second kappa shape index (κ2) is 6.58. The first-order valence-corrected chi connectivity index (χ1v) is 9.22. The molecule has 27 heavy (non-hydrogen) atoms. The average molecular weight is 360 g/mol. The van der Waals surface area contributed by atoms with Crippen molar-refractivity contribution in [2.24, 2.45) is 7.05 Å². The maximum atomic E-state index is 12.6. The van der Waals surface area contributed by atoms with Crippen LogP contribution in [0.5, 0.6) is 0 Å². The fourth-order valence-corrected chi connectivity index (χ4v) is 3.51. The van der Waals surface area contributed by atoms with Crippen molar-refractivity contribution in [2.45, 2.75) is 27.2 Å². The fourth-order valence-electron chi connectivity index (χ4n) is 3.51.